The zero-order valence-corrected chi connectivity index (χ0v) is 9.92. The van der Waals surface area contributed by atoms with E-state index in [4.69, 9.17) is 5.11 Å². The van der Waals surface area contributed by atoms with Crippen molar-refractivity contribution in [3.8, 4) is 0 Å². The van der Waals surface area contributed by atoms with Crippen LogP contribution in [0.1, 0.15) is 6.42 Å². The highest BCUT2D eigenvalue weighted by atomic mass is 32.1. The van der Waals surface area contributed by atoms with Gasteiger partial charge in [0.1, 0.15) is 18.1 Å². The molecule has 4 nitrogen and oxygen atoms in total. The number of nitrogens with zero attached hydrogens (tertiary/aromatic N) is 1. The van der Waals surface area contributed by atoms with Gasteiger partial charge in [-0.05, 0) is 0 Å². The lowest BCUT2D eigenvalue weighted by Crippen LogP contribution is -2.48. The average Bonchev–Trinajstić information content (AvgIpc) is 2.59. The number of amides is 1. The smallest absolute Gasteiger partial charge is 0.401 e. The molecule has 1 amide bonds. The van der Waals surface area contributed by atoms with Crippen molar-refractivity contribution in [2.75, 3.05) is 12.3 Å². The summed E-state index contributed by atoms with van der Waals surface area (Å²) in [7, 11) is 0. The van der Waals surface area contributed by atoms with Gasteiger partial charge in [-0.15, -0.1) is 0 Å². The lowest BCUT2D eigenvalue weighted by Gasteiger charge is -2.26. The molecule has 0 radical (unpaired) electrons. The molecule has 1 heterocycles. The number of carboxylic acid groups (broad SMARTS) is 1. The standard InChI is InChI=1S/C9H11F4NO3S/c10-4-1-6(8(16)17)14(2-4)7(15)5(3-18)9(11,12)13/h4-6,18H,1-3H2,(H,16,17)/t4?,5?,6-/m0/s1. The second-order valence-corrected chi connectivity index (χ2v) is 4.32. The number of carbonyl (C=O) groups excluding carboxylic acids is 1. The Balaban J connectivity index is 2.91. The molecule has 0 aromatic rings. The maximum absolute atomic E-state index is 13.1. The highest BCUT2D eigenvalue weighted by molar-refractivity contribution is 7.80. The number of carboxylic acids is 1. The number of thiol groups is 1. The van der Waals surface area contributed by atoms with E-state index < -0.39 is 54.9 Å². The van der Waals surface area contributed by atoms with E-state index in [1.54, 1.807) is 0 Å². The molecule has 0 bridgehead atoms. The maximum Gasteiger partial charge on any atom is 0.401 e. The predicted molar refractivity (Wildman–Crippen MR) is 56.0 cm³/mol. The Labute approximate surface area is 105 Å². The van der Waals surface area contributed by atoms with Gasteiger partial charge in [0.2, 0.25) is 5.91 Å². The van der Waals surface area contributed by atoms with Crippen LogP contribution in [0.4, 0.5) is 17.6 Å². The SMILES string of the molecule is O=C(O)[C@@H]1CC(F)CN1C(=O)C(CS)C(F)(F)F. The number of rotatable bonds is 3. The van der Waals surface area contributed by atoms with Crippen LogP contribution in [0.3, 0.4) is 0 Å². The van der Waals surface area contributed by atoms with Crippen LogP contribution in [0.5, 0.6) is 0 Å². The van der Waals surface area contributed by atoms with E-state index in [1.165, 1.54) is 0 Å². The third-order valence-electron chi connectivity index (χ3n) is 2.69. The minimum atomic E-state index is -4.82. The molecular formula is C9H11F4NO3S. The topological polar surface area (TPSA) is 57.6 Å². The van der Waals surface area contributed by atoms with Crippen molar-refractivity contribution in [2.45, 2.75) is 24.8 Å². The number of aliphatic carboxylic acids is 1. The summed E-state index contributed by atoms with van der Waals surface area (Å²) in [5, 5.41) is 8.75. The Morgan fingerprint density at radius 3 is 2.39 bits per heavy atom. The number of halogens is 4. The van der Waals surface area contributed by atoms with Gasteiger partial charge in [-0.1, -0.05) is 0 Å². The molecule has 9 heteroatoms. The zero-order valence-electron chi connectivity index (χ0n) is 9.02. The Hall–Kier alpha value is -0.990. The van der Waals surface area contributed by atoms with Crippen molar-refractivity contribution < 1.29 is 32.3 Å². The molecule has 104 valence electrons. The normalized spacial score (nSPS) is 26.2. The maximum atomic E-state index is 13.1. The predicted octanol–water partition coefficient (Wildman–Crippen LogP) is 1.12. The quantitative estimate of drug-likeness (QED) is 0.604. The first kappa shape index (κ1) is 15.1. The van der Waals surface area contributed by atoms with Gasteiger partial charge in [0, 0.05) is 12.2 Å². The molecule has 1 rings (SSSR count). The van der Waals surface area contributed by atoms with Crippen LogP contribution < -0.4 is 0 Å². The molecule has 0 spiro atoms. The third kappa shape index (κ3) is 3.06. The summed E-state index contributed by atoms with van der Waals surface area (Å²) >= 11 is 3.44. The molecule has 1 aliphatic heterocycles. The molecule has 0 aliphatic carbocycles. The lowest BCUT2D eigenvalue weighted by molar-refractivity contribution is -0.186. The molecule has 0 aromatic heterocycles. The van der Waals surface area contributed by atoms with Gasteiger partial charge in [0.25, 0.3) is 0 Å². The summed E-state index contributed by atoms with van der Waals surface area (Å²) in [4.78, 5) is 22.8. The van der Waals surface area contributed by atoms with Crippen LogP contribution in [0.25, 0.3) is 0 Å². The first-order valence-corrected chi connectivity index (χ1v) is 5.66. The summed E-state index contributed by atoms with van der Waals surface area (Å²) in [6.07, 6.45) is -6.93. The monoisotopic (exact) mass is 289 g/mol. The fourth-order valence-corrected chi connectivity index (χ4v) is 2.15. The van der Waals surface area contributed by atoms with E-state index in [0.29, 0.717) is 4.90 Å². The molecule has 0 saturated carbocycles. The van der Waals surface area contributed by atoms with Crippen molar-refractivity contribution in [1.82, 2.24) is 4.90 Å². The van der Waals surface area contributed by atoms with E-state index in [-0.39, 0.29) is 0 Å². The van der Waals surface area contributed by atoms with Gasteiger partial charge >= 0.3 is 12.1 Å². The molecule has 18 heavy (non-hydrogen) atoms. The number of hydrogen-bond acceptors (Lipinski definition) is 3. The number of likely N-dealkylation sites (tertiary alicyclic amines) is 1. The molecule has 0 aromatic carbocycles. The van der Waals surface area contributed by atoms with Crippen LogP contribution >= 0.6 is 12.6 Å². The second kappa shape index (κ2) is 5.33. The number of hydrogen-bond donors (Lipinski definition) is 2. The first-order valence-electron chi connectivity index (χ1n) is 5.03. The van der Waals surface area contributed by atoms with Crippen LogP contribution in [-0.2, 0) is 9.59 Å². The van der Waals surface area contributed by atoms with Crippen molar-refractivity contribution in [3.63, 3.8) is 0 Å². The molecule has 1 saturated heterocycles. The summed E-state index contributed by atoms with van der Waals surface area (Å²) in [6, 6.07) is -1.54. The second-order valence-electron chi connectivity index (χ2n) is 3.95. The van der Waals surface area contributed by atoms with Gasteiger partial charge in [0.05, 0.1) is 6.54 Å². The van der Waals surface area contributed by atoms with Gasteiger partial charge in [-0.3, -0.25) is 4.79 Å². The Morgan fingerprint density at radius 1 is 1.44 bits per heavy atom. The molecule has 1 aliphatic rings. The molecule has 1 N–H and O–H groups in total. The largest absolute Gasteiger partial charge is 0.480 e. The lowest BCUT2D eigenvalue weighted by atomic mass is 10.1. The minimum Gasteiger partial charge on any atom is -0.480 e. The fraction of sp³-hybridized carbons (Fsp3) is 0.778. The molecule has 2 unspecified atom stereocenters. The van der Waals surface area contributed by atoms with Gasteiger partial charge in [0.15, 0.2) is 0 Å². The highest BCUT2D eigenvalue weighted by Gasteiger charge is 2.50. The number of carbonyl (C=O) groups is 2. The van der Waals surface area contributed by atoms with E-state index in [1.807, 2.05) is 0 Å². The summed E-state index contributed by atoms with van der Waals surface area (Å²) in [5.74, 6) is -6.16. The van der Waals surface area contributed by atoms with E-state index >= 15 is 0 Å². The summed E-state index contributed by atoms with van der Waals surface area (Å²) in [6.45, 7) is -0.629. The van der Waals surface area contributed by atoms with Crippen LogP contribution in [0.15, 0.2) is 0 Å². The van der Waals surface area contributed by atoms with Crippen LogP contribution in [0, 0.1) is 5.92 Å². The Kier molecular flexibility index (Phi) is 4.46. The van der Waals surface area contributed by atoms with Crippen molar-refractivity contribution in [2.24, 2.45) is 5.92 Å². The van der Waals surface area contributed by atoms with Gasteiger partial charge < -0.3 is 10.0 Å². The Morgan fingerprint density at radius 2 is 2.00 bits per heavy atom. The Bertz CT molecular complexity index is 349. The van der Waals surface area contributed by atoms with Crippen molar-refractivity contribution in [1.29, 1.82) is 0 Å². The molecule has 1 fully saturated rings. The highest BCUT2D eigenvalue weighted by Crippen LogP contribution is 2.32. The summed E-state index contributed by atoms with van der Waals surface area (Å²) < 4.78 is 50.6. The first-order chi connectivity index (χ1) is 8.18. The van der Waals surface area contributed by atoms with E-state index in [0.717, 1.165) is 0 Å². The number of alkyl halides is 4. The zero-order chi connectivity index (χ0) is 14.1. The van der Waals surface area contributed by atoms with E-state index in [9.17, 15) is 27.2 Å². The molecular weight excluding hydrogens is 278 g/mol. The fourth-order valence-electron chi connectivity index (χ4n) is 1.78. The van der Waals surface area contributed by atoms with E-state index in [2.05, 4.69) is 12.6 Å². The molecule has 3 atom stereocenters. The van der Waals surface area contributed by atoms with Gasteiger partial charge in [-0.2, -0.15) is 25.8 Å². The minimum absolute atomic E-state index is 0.432. The van der Waals surface area contributed by atoms with Crippen LogP contribution in [-0.4, -0.2) is 52.6 Å². The van der Waals surface area contributed by atoms with Crippen molar-refractivity contribution in [3.05, 3.63) is 0 Å². The van der Waals surface area contributed by atoms with Crippen LogP contribution in [0.2, 0.25) is 0 Å². The van der Waals surface area contributed by atoms with Crippen molar-refractivity contribution >= 4 is 24.5 Å². The van der Waals surface area contributed by atoms with Gasteiger partial charge in [-0.25, -0.2) is 9.18 Å². The third-order valence-corrected chi connectivity index (χ3v) is 3.06. The average molecular weight is 289 g/mol. The summed E-state index contributed by atoms with van der Waals surface area (Å²) in [5.41, 5.74) is 0.